The van der Waals surface area contributed by atoms with Gasteiger partial charge in [-0.05, 0) is 12.1 Å². The molecule has 0 saturated carbocycles. The molecule has 8 heteroatoms. The molecule has 0 aromatic carbocycles. The zero-order valence-corrected chi connectivity index (χ0v) is 9.71. The molecular formula is C11H13NO7. The Kier molecular flexibility index (Phi) is 3.67. The highest BCUT2D eigenvalue weighted by Gasteiger charge is 2.43. The van der Waals surface area contributed by atoms with Gasteiger partial charge in [0, 0.05) is 6.20 Å². The van der Waals surface area contributed by atoms with E-state index in [1.54, 1.807) is 0 Å². The first-order valence-corrected chi connectivity index (χ1v) is 5.54. The fourth-order valence-electron chi connectivity index (χ4n) is 1.98. The van der Waals surface area contributed by atoms with E-state index in [-0.39, 0.29) is 0 Å². The molecule has 1 aliphatic heterocycles. The molecule has 2 rings (SSSR count). The van der Waals surface area contributed by atoms with Crippen molar-refractivity contribution < 1.29 is 30.0 Å². The Morgan fingerprint density at radius 1 is 1.37 bits per heavy atom. The van der Waals surface area contributed by atoms with Crippen LogP contribution in [0.5, 0.6) is 0 Å². The van der Waals surface area contributed by atoms with E-state index in [1.165, 1.54) is 12.3 Å². The van der Waals surface area contributed by atoms with E-state index in [4.69, 9.17) is 14.9 Å². The van der Waals surface area contributed by atoms with Crippen LogP contribution in [0.3, 0.4) is 0 Å². The van der Waals surface area contributed by atoms with Crippen molar-refractivity contribution in [3.63, 3.8) is 0 Å². The Morgan fingerprint density at radius 2 is 2.05 bits per heavy atom. The molecule has 0 amide bonds. The molecule has 1 fully saturated rings. The van der Waals surface area contributed by atoms with Crippen LogP contribution in [0.25, 0.3) is 0 Å². The molecule has 8 nitrogen and oxygen atoms in total. The van der Waals surface area contributed by atoms with Crippen LogP contribution >= 0.6 is 0 Å². The monoisotopic (exact) mass is 271 g/mol. The van der Waals surface area contributed by atoms with Gasteiger partial charge in [0.2, 0.25) is 0 Å². The molecule has 104 valence electrons. The Morgan fingerprint density at radius 3 is 2.58 bits per heavy atom. The lowest BCUT2D eigenvalue weighted by Gasteiger charge is -2.17. The molecule has 0 spiro atoms. The molecular weight excluding hydrogens is 258 g/mol. The summed E-state index contributed by atoms with van der Waals surface area (Å²) in [5.74, 6) is -1.40. The summed E-state index contributed by atoms with van der Waals surface area (Å²) in [5, 5.41) is 37.2. The Balaban J connectivity index is 2.41. The van der Waals surface area contributed by atoms with Gasteiger partial charge in [0.1, 0.15) is 23.9 Å². The Labute approximate surface area is 107 Å². The molecule has 0 radical (unpaired) electrons. The number of nitrogens with zero attached hydrogens (tertiary/aromatic N) is 1. The SMILES string of the molecule is O=C(O)c1cccn([C@@H]2O[C@H](CO)[C@@H](O)[C@H]2O)c1=O. The van der Waals surface area contributed by atoms with E-state index < -0.39 is 48.2 Å². The maximum Gasteiger partial charge on any atom is 0.341 e. The molecule has 0 bridgehead atoms. The molecule has 2 heterocycles. The van der Waals surface area contributed by atoms with Crippen LogP contribution in [-0.2, 0) is 4.74 Å². The lowest BCUT2D eigenvalue weighted by atomic mass is 10.1. The Hall–Kier alpha value is -1.74. The van der Waals surface area contributed by atoms with Gasteiger partial charge in [-0.3, -0.25) is 9.36 Å². The summed E-state index contributed by atoms with van der Waals surface area (Å²) in [6, 6.07) is 2.45. The third-order valence-corrected chi connectivity index (χ3v) is 3.00. The van der Waals surface area contributed by atoms with E-state index in [2.05, 4.69) is 0 Å². The van der Waals surface area contributed by atoms with Crippen LogP contribution in [0.4, 0.5) is 0 Å². The third kappa shape index (κ3) is 2.26. The van der Waals surface area contributed by atoms with Crippen LogP contribution in [-0.4, -0.2) is 55.9 Å². The minimum atomic E-state index is -1.43. The number of aromatic nitrogens is 1. The molecule has 1 aromatic rings. The van der Waals surface area contributed by atoms with Crippen LogP contribution < -0.4 is 5.56 Å². The number of ether oxygens (including phenoxy) is 1. The number of carboxylic acid groups (broad SMARTS) is 1. The second-order valence-electron chi connectivity index (χ2n) is 4.17. The second-order valence-corrected chi connectivity index (χ2v) is 4.17. The van der Waals surface area contributed by atoms with Crippen molar-refractivity contribution in [1.29, 1.82) is 0 Å². The van der Waals surface area contributed by atoms with Gasteiger partial charge >= 0.3 is 5.97 Å². The van der Waals surface area contributed by atoms with Crippen molar-refractivity contribution in [2.45, 2.75) is 24.5 Å². The molecule has 1 aliphatic rings. The minimum absolute atomic E-state index is 0.472. The fourth-order valence-corrected chi connectivity index (χ4v) is 1.98. The van der Waals surface area contributed by atoms with Gasteiger partial charge in [-0.1, -0.05) is 0 Å². The maximum absolute atomic E-state index is 11.9. The van der Waals surface area contributed by atoms with Crippen LogP contribution in [0.2, 0.25) is 0 Å². The Bertz CT molecular complexity index is 540. The lowest BCUT2D eigenvalue weighted by molar-refractivity contribution is -0.0545. The standard InChI is InChI=1S/C11H13NO7/c13-4-6-7(14)8(15)10(19-6)12-3-1-2-5(9(12)16)11(17)18/h1-3,6-8,10,13-15H,4H2,(H,17,18)/t6-,7-,8-,10-/m1/s1. The maximum atomic E-state index is 11.9. The zero-order valence-electron chi connectivity index (χ0n) is 9.71. The first-order chi connectivity index (χ1) is 8.97. The summed E-state index contributed by atoms with van der Waals surface area (Å²) in [4.78, 5) is 22.7. The first kappa shape index (κ1) is 13.7. The molecule has 0 aliphatic carbocycles. The number of hydrogen-bond donors (Lipinski definition) is 4. The van der Waals surface area contributed by atoms with Crippen LogP contribution in [0, 0.1) is 0 Å². The number of hydrogen-bond acceptors (Lipinski definition) is 6. The van der Waals surface area contributed by atoms with Crippen molar-refractivity contribution in [3.05, 3.63) is 34.2 Å². The average Bonchev–Trinajstić information content (AvgIpc) is 2.66. The van der Waals surface area contributed by atoms with E-state index >= 15 is 0 Å². The van der Waals surface area contributed by atoms with Crippen molar-refractivity contribution in [1.82, 2.24) is 4.57 Å². The zero-order chi connectivity index (χ0) is 14.2. The molecule has 1 aromatic heterocycles. The quantitative estimate of drug-likeness (QED) is 0.508. The number of carbonyl (C=O) groups is 1. The molecule has 0 unspecified atom stereocenters. The van der Waals surface area contributed by atoms with E-state index in [0.717, 1.165) is 10.6 Å². The fraction of sp³-hybridized carbons (Fsp3) is 0.455. The van der Waals surface area contributed by atoms with E-state index in [1.807, 2.05) is 0 Å². The molecule has 19 heavy (non-hydrogen) atoms. The number of carboxylic acids is 1. The van der Waals surface area contributed by atoms with Crippen molar-refractivity contribution >= 4 is 5.97 Å². The predicted octanol–water partition coefficient (Wildman–Crippen LogP) is -1.84. The van der Waals surface area contributed by atoms with Crippen LogP contribution in [0.15, 0.2) is 23.1 Å². The number of pyridine rings is 1. The summed E-state index contributed by atoms with van der Waals surface area (Å²) >= 11 is 0. The highest BCUT2D eigenvalue weighted by molar-refractivity contribution is 5.86. The van der Waals surface area contributed by atoms with Crippen LogP contribution in [0.1, 0.15) is 16.6 Å². The summed E-state index contributed by atoms with van der Waals surface area (Å²) in [7, 11) is 0. The number of aliphatic hydroxyl groups is 3. The van der Waals surface area contributed by atoms with Gasteiger partial charge < -0.3 is 25.2 Å². The topological polar surface area (TPSA) is 129 Å². The summed E-state index contributed by atoms with van der Waals surface area (Å²) < 4.78 is 6.04. The number of aliphatic hydroxyl groups excluding tert-OH is 3. The van der Waals surface area contributed by atoms with Gasteiger partial charge in [0.25, 0.3) is 5.56 Å². The predicted molar refractivity (Wildman–Crippen MR) is 60.7 cm³/mol. The van der Waals surface area contributed by atoms with Gasteiger partial charge in [0.05, 0.1) is 6.61 Å². The highest BCUT2D eigenvalue weighted by atomic mass is 16.6. The van der Waals surface area contributed by atoms with Gasteiger partial charge in [-0.15, -0.1) is 0 Å². The average molecular weight is 271 g/mol. The molecule has 1 saturated heterocycles. The summed E-state index contributed by atoms with van der Waals surface area (Å²) in [5.41, 5.74) is -1.33. The highest BCUT2D eigenvalue weighted by Crippen LogP contribution is 2.28. The van der Waals surface area contributed by atoms with E-state index in [9.17, 15) is 19.8 Å². The molecule has 4 N–H and O–H groups in total. The van der Waals surface area contributed by atoms with Gasteiger partial charge in [-0.25, -0.2) is 4.79 Å². The minimum Gasteiger partial charge on any atom is -0.477 e. The summed E-state index contributed by atoms with van der Waals surface area (Å²) in [6.45, 7) is -0.526. The normalized spacial score (nSPS) is 30.5. The largest absolute Gasteiger partial charge is 0.477 e. The van der Waals surface area contributed by atoms with E-state index in [0.29, 0.717) is 0 Å². The molecule has 4 atom stereocenters. The van der Waals surface area contributed by atoms with Crippen molar-refractivity contribution in [2.24, 2.45) is 0 Å². The first-order valence-electron chi connectivity index (χ1n) is 5.54. The smallest absolute Gasteiger partial charge is 0.341 e. The second kappa shape index (κ2) is 5.10. The van der Waals surface area contributed by atoms with Crippen molar-refractivity contribution in [3.8, 4) is 0 Å². The third-order valence-electron chi connectivity index (χ3n) is 3.00. The number of rotatable bonds is 3. The van der Waals surface area contributed by atoms with Gasteiger partial charge in [0.15, 0.2) is 6.23 Å². The summed E-state index contributed by atoms with van der Waals surface area (Å²) in [6.07, 6.45) is -3.80. The van der Waals surface area contributed by atoms with Gasteiger partial charge in [-0.2, -0.15) is 0 Å². The lowest BCUT2D eigenvalue weighted by Crippen LogP contribution is -2.36. The number of aromatic carboxylic acids is 1. The van der Waals surface area contributed by atoms with Crippen molar-refractivity contribution in [2.75, 3.05) is 6.61 Å².